The second-order valence-electron chi connectivity index (χ2n) is 4.34. The van der Waals surface area contributed by atoms with Crippen molar-refractivity contribution in [2.24, 2.45) is 0 Å². The van der Waals surface area contributed by atoms with Crippen LogP contribution in [0.15, 0.2) is 0 Å². The van der Waals surface area contributed by atoms with Crippen molar-refractivity contribution in [3.05, 3.63) is 0 Å². The third-order valence-electron chi connectivity index (χ3n) is 2.41. The molecule has 2 N–H and O–H groups in total. The van der Waals surface area contributed by atoms with Gasteiger partial charge in [-0.3, -0.25) is 0 Å². The second kappa shape index (κ2) is 4.78. The third-order valence-corrected chi connectivity index (χ3v) is 2.41. The fourth-order valence-corrected chi connectivity index (χ4v) is 0.731. The average molecular weight is 199 g/mol. The topological polar surface area (TPSA) is 73.5 Å². The van der Waals surface area contributed by atoms with Crippen LogP contribution in [0.2, 0.25) is 6.32 Å². The zero-order valence-corrected chi connectivity index (χ0v) is 9.24. The van der Waals surface area contributed by atoms with Crippen LogP contribution in [-0.4, -0.2) is 28.5 Å². The van der Waals surface area contributed by atoms with Gasteiger partial charge in [-0.15, -0.1) is 0 Å². The number of nitrogens with zero attached hydrogens (tertiary/aromatic N) is 1. The Morgan fingerprint density at radius 3 is 2.21 bits per heavy atom. The Bertz CT molecular complexity index is 217. The minimum atomic E-state index is -1.04. The molecular formula is C9H18BNO3. The summed E-state index contributed by atoms with van der Waals surface area (Å²) < 4.78 is 5.26. The summed E-state index contributed by atoms with van der Waals surface area (Å²) in [5, 5.41) is 27.4. The Morgan fingerprint density at radius 1 is 1.36 bits per heavy atom. The molecule has 0 saturated heterocycles. The van der Waals surface area contributed by atoms with Crippen molar-refractivity contribution in [2.75, 3.05) is 0 Å². The fraction of sp³-hybridized carbons (Fsp3) is 0.889. The smallest absolute Gasteiger partial charge is 0.427 e. The monoisotopic (exact) mass is 199 g/mol. The molecule has 0 aliphatic heterocycles. The van der Waals surface area contributed by atoms with Crippen molar-refractivity contribution in [1.82, 2.24) is 0 Å². The van der Waals surface area contributed by atoms with Crippen molar-refractivity contribution >= 4 is 7.12 Å². The van der Waals surface area contributed by atoms with E-state index in [1.165, 1.54) is 0 Å². The van der Waals surface area contributed by atoms with E-state index in [4.69, 9.17) is 9.92 Å². The quantitative estimate of drug-likeness (QED) is 0.646. The molecule has 0 aromatic rings. The van der Waals surface area contributed by atoms with Gasteiger partial charge in [0.15, 0.2) is 0 Å². The SMILES string of the molecule is CC(C)(O)C(C)(C)OB(O)CCC#N. The third kappa shape index (κ3) is 4.10. The maximum absolute atomic E-state index is 9.72. The van der Waals surface area contributed by atoms with E-state index in [1.807, 2.05) is 6.07 Å². The molecule has 0 amide bonds. The highest BCUT2D eigenvalue weighted by molar-refractivity contribution is 6.42. The Hall–Kier alpha value is -0.565. The Kier molecular flexibility index (Phi) is 4.59. The minimum Gasteiger partial charge on any atom is -0.427 e. The van der Waals surface area contributed by atoms with Crippen LogP contribution in [0.4, 0.5) is 0 Å². The Morgan fingerprint density at radius 2 is 1.86 bits per heavy atom. The molecule has 0 saturated carbocycles. The summed E-state index contributed by atoms with van der Waals surface area (Å²) in [6.07, 6.45) is 0.499. The van der Waals surface area contributed by atoms with E-state index in [9.17, 15) is 10.1 Å². The van der Waals surface area contributed by atoms with E-state index in [-0.39, 0.29) is 12.7 Å². The van der Waals surface area contributed by atoms with E-state index in [0.717, 1.165) is 0 Å². The summed E-state index contributed by atoms with van der Waals surface area (Å²) in [5.41, 5.74) is -1.89. The van der Waals surface area contributed by atoms with Crippen molar-refractivity contribution in [3.63, 3.8) is 0 Å². The van der Waals surface area contributed by atoms with Crippen LogP contribution < -0.4 is 0 Å². The molecule has 0 aromatic heterocycles. The maximum Gasteiger partial charge on any atom is 0.455 e. The van der Waals surface area contributed by atoms with Gasteiger partial charge in [-0.1, -0.05) is 0 Å². The van der Waals surface area contributed by atoms with E-state index < -0.39 is 18.3 Å². The summed E-state index contributed by atoms with van der Waals surface area (Å²) >= 11 is 0. The molecule has 0 heterocycles. The highest BCUT2D eigenvalue weighted by atomic mass is 16.5. The predicted octanol–water partition coefficient (Wildman–Crippen LogP) is 0.947. The van der Waals surface area contributed by atoms with Crippen molar-refractivity contribution in [1.29, 1.82) is 5.26 Å². The van der Waals surface area contributed by atoms with Crippen LogP contribution in [-0.2, 0) is 4.65 Å². The van der Waals surface area contributed by atoms with Gasteiger partial charge >= 0.3 is 7.12 Å². The zero-order chi connectivity index (χ0) is 11.4. The number of rotatable bonds is 5. The number of nitriles is 1. The van der Waals surface area contributed by atoms with Gasteiger partial charge in [0.25, 0.3) is 0 Å². The molecule has 0 aliphatic rings. The Labute approximate surface area is 85.6 Å². The van der Waals surface area contributed by atoms with E-state index in [0.29, 0.717) is 0 Å². The molecule has 0 radical (unpaired) electrons. The Balaban J connectivity index is 4.17. The molecule has 0 atom stereocenters. The summed E-state index contributed by atoms with van der Waals surface area (Å²) in [4.78, 5) is 0. The molecule has 0 unspecified atom stereocenters. The van der Waals surface area contributed by atoms with Crippen LogP contribution in [0, 0.1) is 11.3 Å². The predicted molar refractivity (Wildman–Crippen MR) is 54.5 cm³/mol. The summed E-state index contributed by atoms with van der Waals surface area (Å²) in [5.74, 6) is 0. The van der Waals surface area contributed by atoms with Gasteiger partial charge in [0, 0.05) is 6.42 Å². The van der Waals surface area contributed by atoms with Crippen LogP contribution in [0.25, 0.3) is 0 Å². The first-order valence-corrected chi connectivity index (χ1v) is 4.66. The molecule has 0 aliphatic carbocycles. The van der Waals surface area contributed by atoms with Gasteiger partial charge in [0.2, 0.25) is 0 Å². The van der Waals surface area contributed by atoms with Gasteiger partial charge in [-0.2, -0.15) is 5.26 Å². The van der Waals surface area contributed by atoms with Crippen LogP contribution >= 0.6 is 0 Å². The van der Waals surface area contributed by atoms with Crippen LogP contribution in [0.5, 0.6) is 0 Å². The molecule has 5 heteroatoms. The van der Waals surface area contributed by atoms with Crippen molar-refractivity contribution in [3.8, 4) is 6.07 Å². The number of aliphatic hydroxyl groups is 1. The van der Waals surface area contributed by atoms with E-state index >= 15 is 0 Å². The second-order valence-corrected chi connectivity index (χ2v) is 4.34. The van der Waals surface area contributed by atoms with Crippen molar-refractivity contribution < 1.29 is 14.8 Å². The van der Waals surface area contributed by atoms with Gasteiger partial charge < -0.3 is 14.8 Å². The number of hydrogen-bond donors (Lipinski definition) is 2. The zero-order valence-electron chi connectivity index (χ0n) is 9.24. The largest absolute Gasteiger partial charge is 0.455 e. The summed E-state index contributed by atoms with van der Waals surface area (Å²) in [6.45, 7) is 6.62. The molecule has 80 valence electrons. The lowest BCUT2D eigenvalue weighted by Gasteiger charge is -2.38. The minimum absolute atomic E-state index is 0.239. The molecule has 0 bridgehead atoms. The first-order valence-electron chi connectivity index (χ1n) is 4.66. The van der Waals surface area contributed by atoms with Crippen LogP contribution in [0.3, 0.4) is 0 Å². The normalized spacial score (nSPS) is 12.4. The molecule has 0 spiro atoms. The highest BCUT2D eigenvalue weighted by Gasteiger charge is 2.38. The summed E-state index contributed by atoms with van der Waals surface area (Å²) in [7, 11) is -1.00. The van der Waals surface area contributed by atoms with Gasteiger partial charge in [0.05, 0.1) is 17.3 Å². The van der Waals surface area contributed by atoms with E-state index in [2.05, 4.69) is 0 Å². The molecule has 4 nitrogen and oxygen atoms in total. The lowest BCUT2D eigenvalue weighted by molar-refractivity contribution is -0.0999. The highest BCUT2D eigenvalue weighted by Crippen LogP contribution is 2.25. The van der Waals surface area contributed by atoms with Crippen LogP contribution in [0.1, 0.15) is 34.1 Å². The molecule has 0 aromatic carbocycles. The number of hydrogen-bond acceptors (Lipinski definition) is 4. The lowest BCUT2D eigenvalue weighted by Crippen LogP contribution is -2.50. The lowest BCUT2D eigenvalue weighted by atomic mass is 9.79. The fourth-order valence-electron chi connectivity index (χ4n) is 0.731. The molecule has 14 heavy (non-hydrogen) atoms. The van der Waals surface area contributed by atoms with E-state index in [1.54, 1.807) is 27.7 Å². The van der Waals surface area contributed by atoms with Gasteiger partial charge in [0.1, 0.15) is 0 Å². The molecule has 0 rings (SSSR count). The first kappa shape index (κ1) is 13.4. The van der Waals surface area contributed by atoms with Crippen molar-refractivity contribution in [2.45, 2.75) is 51.6 Å². The maximum atomic E-state index is 9.72. The standard InChI is InChI=1S/C9H18BNO3/c1-8(2,12)9(3,4)14-10(13)6-5-7-11/h12-13H,5-6H2,1-4H3. The van der Waals surface area contributed by atoms with Gasteiger partial charge in [-0.05, 0) is 34.0 Å². The molecular weight excluding hydrogens is 181 g/mol. The van der Waals surface area contributed by atoms with Gasteiger partial charge in [-0.25, -0.2) is 0 Å². The first-order chi connectivity index (χ1) is 6.20. The summed E-state index contributed by atoms with van der Waals surface area (Å²) in [6, 6.07) is 1.92. The molecule has 0 fully saturated rings. The average Bonchev–Trinajstić information content (AvgIpc) is 1.97.